The number of likely N-dealkylation sites (tertiary alicyclic amines) is 1. The smallest absolute Gasteiger partial charge is 0.244 e. The Bertz CT molecular complexity index is 995. The highest BCUT2D eigenvalue weighted by atomic mass is 16.5. The van der Waals surface area contributed by atoms with Crippen molar-refractivity contribution in [2.24, 2.45) is 17.6 Å². The topological polar surface area (TPSA) is 84.7 Å². The van der Waals surface area contributed by atoms with Crippen molar-refractivity contribution in [2.45, 2.75) is 78.2 Å². The Kier molecular flexibility index (Phi) is 8.81. The molecule has 2 aliphatic carbocycles. The van der Waals surface area contributed by atoms with Crippen LogP contribution in [0.2, 0.25) is 0 Å². The molecule has 0 aromatic heterocycles. The molecular formula is C29H43N3O3. The number of primary amides is 1. The lowest BCUT2D eigenvalue weighted by Gasteiger charge is -2.55. The van der Waals surface area contributed by atoms with Crippen molar-refractivity contribution in [3.05, 3.63) is 52.2 Å². The number of amides is 2. The predicted octanol–water partition coefficient (Wildman–Crippen LogP) is 4.61. The minimum Gasteiger partial charge on any atom is -0.497 e. The van der Waals surface area contributed by atoms with Gasteiger partial charge in [0, 0.05) is 29.3 Å². The van der Waals surface area contributed by atoms with Crippen LogP contribution in [0.15, 0.2) is 41.1 Å². The number of allylic oxidation sites excluding steroid dienone is 3. The first kappa shape index (κ1) is 27.0. The van der Waals surface area contributed by atoms with Crippen molar-refractivity contribution >= 4 is 12.3 Å². The summed E-state index contributed by atoms with van der Waals surface area (Å²) in [6.45, 7) is 12.5. The van der Waals surface area contributed by atoms with Crippen LogP contribution in [0.4, 0.5) is 0 Å². The SMILES string of the molecule is CC.COc1ccc(C)c(C23CCN(CC4CC4)C(C)C2CC(/C=C(\C)C(N)=O)=C(NC=O)C3)c1. The molecule has 3 N–H and O–H groups in total. The maximum absolute atomic E-state index is 11.8. The molecule has 0 radical (unpaired) electrons. The van der Waals surface area contributed by atoms with Crippen LogP contribution in [0.25, 0.3) is 0 Å². The van der Waals surface area contributed by atoms with Crippen LogP contribution in [0.3, 0.4) is 0 Å². The minimum absolute atomic E-state index is 0.110. The summed E-state index contributed by atoms with van der Waals surface area (Å²) in [5.41, 5.74) is 10.4. The van der Waals surface area contributed by atoms with E-state index < -0.39 is 5.91 Å². The number of carbonyl (C=O) groups excluding carboxylic acids is 2. The Morgan fingerprint density at radius 2 is 2.03 bits per heavy atom. The van der Waals surface area contributed by atoms with E-state index in [1.54, 1.807) is 14.0 Å². The lowest BCUT2D eigenvalue weighted by molar-refractivity contribution is -0.114. The fourth-order valence-corrected chi connectivity index (χ4v) is 6.10. The third-order valence-electron chi connectivity index (χ3n) is 8.22. The quantitative estimate of drug-likeness (QED) is 0.419. The summed E-state index contributed by atoms with van der Waals surface area (Å²) in [4.78, 5) is 26.0. The van der Waals surface area contributed by atoms with Gasteiger partial charge in [-0.3, -0.25) is 9.59 Å². The predicted molar refractivity (Wildman–Crippen MR) is 141 cm³/mol. The summed E-state index contributed by atoms with van der Waals surface area (Å²) < 4.78 is 5.61. The average molecular weight is 482 g/mol. The number of carbonyl (C=O) groups is 2. The van der Waals surface area contributed by atoms with Gasteiger partial charge in [0.1, 0.15) is 5.75 Å². The van der Waals surface area contributed by atoms with Gasteiger partial charge in [0.25, 0.3) is 0 Å². The molecule has 2 amide bonds. The first-order chi connectivity index (χ1) is 16.8. The highest BCUT2D eigenvalue weighted by Gasteiger charge is 2.51. The van der Waals surface area contributed by atoms with Gasteiger partial charge in [-0.2, -0.15) is 0 Å². The Labute approximate surface area is 211 Å². The molecule has 3 unspecified atom stereocenters. The van der Waals surface area contributed by atoms with Crippen LogP contribution in [-0.2, 0) is 15.0 Å². The maximum atomic E-state index is 11.8. The van der Waals surface area contributed by atoms with Crippen LogP contribution in [0, 0.1) is 18.8 Å². The van der Waals surface area contributed by atoms with Gasteiger partial charge in [0.2, 0.25) is 12.3 Å². The summed E-state index contributed by atoms with van der Waals surface area (Å²) in [6.07, 6.45) is 7.85. The van der Waals surface area contributed by atoms with Gasteiger partial charge < -0.3 is 20.7 Å². The van der Waals surface area contributed by atoms with Gasteiger partial charge in [0.05, 0.1) is 7.11 Å². The highest BCUT2D eigenvalue weighted by Crippen LogP contribution is 2.54. The van der Waals surface area contributed by atoms with Crippen LogP contribution in [0.5, 0.6) is 5.75 Å². The van der Waals surface area contributed by atoms with Crippen molar-refractivity contribution in [3.63, 3.8) is 0 Å². The lowest BCUT2D eigenvalue weighted by atomic mass is 9.56. The van der Waals surface area contributed by atoms with Crippen molar-refractivity contribution < 1.29 is 14.3 Å². The van der Waals surface area contributed by atoms with Crippen molar-refractivity contribution in [3.8, 4) is 5.75 Å². The van der Waals surface area contributed by atoms with E-state index in [9.17, 15) is 9.59 Å². The minimum atomic E-state index is -0.430. The molecule has 192 valence electrons. The zero-order valence-electron chi connectivity index (χ0n) is 22.3. The standard InChI is InChI=1S/C27H37N3O3.C2H6/c1-17-5-8-22(33-4)13-23(17)27-9-10-30(15-20-6-7-20)19(3)24(27)12-21(11-18(2)26(28)32)25(14-27)29-16-31;1-2/h5,8,11,13,16,19-20,24H,6-7,9-10,12,14-15H2,1-4H3,(H2,28,32)(H,29,31);1-2H3/b18-11+;. The first-order valence-corrected chi connectivity index (χ1v) is 13.1. The second kappa shape index (κ2) is 11.4. The van der Waals surface area contributed by atoms with Gasteiger partial charge >= 0.3 is 0 Å². The summed E-state index contributed by atoms with van der Waals surface area (Å²) in [5.74, 6) is 1.61. The lowest BCUT2D eigenvalue weighted by Crippen LogP contribution is -2.57. The molecule has 1 saturated heterocycles. The van der Waals surface area contributed by atoms with Crippen molar-refractivity contribution in [1.29, 1.82) is 0 Å². The molecule has 1 heterocycles. The number of benzene rings is 1. The van der Waals surface area contributed by atoms with E-state index in [-0.39, 0.29) is 5.41 Å². The van der Waals surface area contributed by atoms with Crippen LogP contribution in [0.1, 0.15) is 70.9 Å². The van der Waals surface area contributed by atoms with E-state index in [2.05, 4.69) is 36.2 Å². The van der Waals surface area contributed by atoms with Gasteiger partial charge in [-0.05, 0) is 106 Å². The molecule has 2 fully saturated rings. The summed E-state index contributed by atoms with van der Waals surface area (Å²) in [5, 5.41) is 2.98. The molecule has 3 atom stereocenters. The number of aryl methyl sites for hydroxylation is 1. The monoisotopic (exact) mass is 481 g/mol. The van der Waals surface area contributed by atoms with E-state index in [0.717, 1.165) is 55.2 Å². The molecule has 35 heavy (non-hydrogen) atoms. The molecule has 1 saturated carbocycles. The van der Waals surface area contributed by atoms with Gasteiger partial charge in [-0.15, -0.1) is 0 Å². The molecule has 1 aromatic rings. The maximum Gasteiger partial charge on any atom is 0.244 e. The van der Waals surface area contributed by atoms with Crippen LogP contribution < -0.4 is 15.8 Å². The van der Waals surface area contributed by atoms with Gasteiger partial charge in [-0.1, -0.05) is 19.9 Å². The number of nitrogens with two attached hydrogens (primary N) is 1. The molecule has 1 aliphatic heterocycles. The van der Waals surface area contributed by atoms with Gasteiger partial charge in [-0.25, -0.2) is 0 Å². The Balaban J connectivity index is 0.00000167. The largest absolute Gasteiger partial charge is 0.497 e. The average Bonchev–Trinajstić information content (AvgIpc) is 3.67. The molecule has 6 heteroatoms. The number of methoxy groups -OCH3 is 1. The Morgan fingerprint density at radius 1 is 1.31 bits per heavy atom. The third-order valence-corrected chi connectivity index (χ3v) is 8.22. The molecule has 6 nitrogen and oxygen atoms in total. The van der Waals surface area contributed by atoms with Crippen LogP contribution >= 0.6 is 0 Å². The zero-order chi connectivity index (χ0) is 25.8. The van der Waals surface area contributed by atoms with E-state index >= 15 is 0 Å². The zero-order valence-corrected chi connectivity index (χ0v) is 22.3. The molecule has 0 spiro atoms. The van der Waals surface area contributed by atoms with Crippen molar-refractivity contribution in [2.75, 3.05) is 20.2 Å². The summed E-state index contributed by atoms with van der Waals surface area (Å²) in [7, 11) is 1.71. The van der Waals surface area contributed by atoms with Crippen molar-refractivity contribution in [1.82, 2.24) is 10.2 Å². The summed E-state index contributed by atoms with van der Waals surface area (Å²) >= 11 is 0. The fourth-order valence-electron chi connectivity index (χ4n) is 6.10. The number of nitrogens with zero attached hydrogens (tertiary/aromatic N) is 1. The van der Waals surface area contributed by atoms with Gasteiger partial charge in [0.15, 0.2) is 0 Å². The molecule has 0 bridgehead atoms. The number of ether oxygens (including phenoxy) is 1. The van der Waals surface area contributed by atoms with E-state index in [0.29, 0.717) is 17.5 Å². The number of hydrogen-bond donors (Lipinski definition) is 2. The fraction of sp³-hybridized carbons (Fsp3) is 0.586. The molecule has 4 rings (SSSR count). The van der Waals surface area contributed by atoms with Crippen LogP contribution in [-0.4, -0.2) is 43.5 Å². The second-order valence-corrected chi connectivity index (χ2v) is 10.2. The molecular weight excluding hydrogens is 438 g/mol. The first-order valence-electron chi connectivity index (χ1n) is 13.1. The molecule has 1 aromatic carbocycles. The third kappa shape index (κ3) is 5.64. The number of piperidine rings is 1. The van der Waals surface area contributed by atoms with E-state index in [1.165, 1.54) is 30.5 Å². The number of fused-ring (bicyclic) bond motifs is 1. The second-order valence-electron chi connectivity index (χ2n) is 10.2. The highest BCUT2D eigenvalue weighted by molar-refractivity contribution is 5.91. The summed E-state index contributed by atoms with van der Waals surface area (Å²) in [6, 6.07) is 6.74. The number of hydrogen-bond acceptors (Lipinski definition) is 4. The van der Waals surface area contributed by atoms with E-state index in [4.69, 9.17) is 10.5 Å². The normalized spacial score (nSPS) is 26.9. The Morgan fingerprint density at radius 3 is 2.63 bits per heavy atom. The Hall–Kier alpha value is -2.60. The number of nitrogens with one attached hydrogen (secondary N) is 1. The molecule has 3 aliphatic rings. The number of rotatable bonds is 8. The van der Waals surface area contributed by atoms with E-state index in [1.807, 2.05) is 26.0 Å².